The number of hydrogen-bond acceptors (Lipinski definition) is 3. The normalized spacial score (nSPS) is 13.8. The molecule has 24 heavy (non-hydrogen) atoms. The first-order valence-electron chi connectivity index (χ1n) is 7.11. The van der Waals surface area contributed by atoms with Gasteiger partial charge in [-0.1, -0.05) is 22.0 Å². The number of anilines is 1. The molecule has 0 spiro atoms. The molecule has 1 heterocycles. The number of carbonyl (C=O) groups is 1. The molecule has 0 saturated heterocycles. The SMILES string of the molecule is COC(=O)c1ccc2c(c1)CN(c1ccc(Br)c(C(F)(F)F)c1)C2. The van der Waals surface area contributed by atoms with Crippen LogP contribution in [-0.4, -0.2) is 13.1 Å². The fraction of sp³-hybridized carbons (Fsp3) is 0.235. The molecule has 0 atom stereocenters. The van der Waals surface area contributed by atoms with Gasteiger partial charge in [-0.25, -0.2) is 4.79 Å². The predicted molar refractivity (Wildman–Crippen MR) is 86.8 cm³/mol. The van der Waals surface area contributed by atoms with Crippen molar-refractivity contribution in [2.45, 2.75) is 19.3 Å². The smallest absolute Gasteiger partial charge is 0.417 e. The van der Waals surface area contributed by atoms with Gasteiger partial charge in [0.05, 0.1) is 18.2 Å². The largest absolute Gasteiger partial charge is 0.465 e. The van der Waals surface area contributed by atoms with Crippen molar-refractivity contribution in [1.29, 1.82) is 0 Å². The number of nitrogens with zero attached hydrogens (tertiary/aromatic N) is 1. The van der Waals surface area contributed by atoms with Crippen LogP contribution in [0.15, 0.2) is 40.9 Å². The van der Waals surface area contributed by atoms with Crippen molar-refractivity contribution in [3.05, 3.63) is 63.1 Å². The van der Waals surface area contributed by atoms with Crippen molar-refractivity contribution in [3.63, 3.8) is 0 Å². The van der Waals surface area contributed by atoms with Gasteiger partial charge >= 0.3 is 12.1 Å². The van der Waals surface area contributed by atoms with E-state index in [1.54, 1.807) is 18.2 Å². The van der Waals surface area contributed by atoms with Gasteiger partial charge in [0.25, 0.3) is 0 Å². The topological polar surface area (TPSA) is 29.5 Å². The van der Waals surface area contributed by atoms with Crippen LogP contribution in [0.1, 0.15) is 27.0 Å². The van der Waals surface area contributed by atoms with Crippen molar-refractivity contribution >= 4 is 27.6 Å². The minimum Gasteiger partial charge on any atom is -0.465 e. The highest BCUT2D eigenvalue weighted by atomic mass is 79.9. The Labute approximate surface area is 145 Å². The fourth-order valence-electron chi connectivity index (χ4n) is 2.75. The van der Waals surface area contributed by atoms with E-state index in [0.29, 0.717) is 24.3 Å². The molecule has 0 amide bonds. The van der Waals surface area contributed by atoms with E-state index in [4.69, 9.17) is 4.74 Å². The Balaban J connectivity index is 1.89. The number of alkyl halides is 3. The second-order valence-corrected chi connectivity index (χ2v) is 6.35. The summed E-state index contributed by atoms with van der Waals surface area (Å²) in [4.78, 5) is 13.4. The van der Waals surface area contributed by atoms with Gasteiger partial charge in [-0.15, -0.1) is 0 Å². The molecule has 126 valence electrons. The van der Waals surface area contributed by atoms with Crippen LogP contribution in [0.25, 0.3) is 0 Å². The Kier molecular flexibility index (Phi) is 4.29. The lowest BCUT2D eigenvalue weighted by Gasteiger charge is -2.20. The molecule has 1 aliphatic heterocycles. The number of methoxy groups -OCH3 is 1. The molecule has 0 unspecified atom stereocenters. The summed E-state index contributed by atoms with van der Waals surface area (Å²) in [6.45, 7) is 0.939. The van der Waals surface area contributed by atoms with Crippen molar-refractivity contribution in [2.75, 3.05) is 12.0 Å². The van der Waals surface area contributed by atoms with Crippen molar-refractivity contribution in [3.8, 4) is 0 Å². The number of esters is 1. The maximum absolute atomic E-state index is 13.1. The number of ether oxygens (including phenoxy) is 1. The molecule has 0 fully saturated rings. The number of benzene rings is 2. The molecule has 7 heteroatoms. The maximum Gasteiger partial charge on any atom is 0.417 e. The van der Waals surface area contributed by atoms with Gasteiger partial charge in [0.1, 0.15) is 0 Å². The van der Waals surface area contributed by atoms with Gasteiger partial charge in [-0.05, 0) is 41.5 Å². The summed E-state index contributed by atoms with van der Waals surface area (Å²) < 4.78 is 43.9. The highest BCUT2D eigenvalue weighted by Gasteiger charge is 2.34. The maximum atomic E-state index is 13.1. The molecular weight excluding hydrogens is 387 g/mol. The Bertz CT molecular complexity index is 805. The molecule has 0 aliphatic carbocycles. The van der Waals surface area contributed by atoms with Crippen molar-refractivity contribution in [2.24, 2.45) is 0 Å². The number of fused-ring (bicyclic) bond motifs is 1. The van der Waals surface area contributed by atoms with Crippen molar-refractivity contribution < 1.29 is 22.7 Å². The van der Waals surface area contributed by atoms with E-state index in [0.717, 1.165) is 17.2 Å². The molecule has 1 aliphatic rings. The monoisotopic (exact) mass is 399 g/mol. The molecular formula is C17H13BrF3NO2. The van der Waals surface area contributed by atoms with E-state index in [1.165, 1.54) is 13.2 Å². The zero-order valence-corrected chi connectivity index (χ0v) is 14.2. The quantitative estimate of drug-likeness (QED) is 0.680. The highest BCUT2D eigenvalue weighted by Crippen LogP contribution is 2.38. The van der Waals surface area contributed by atoms with E-state index in [1.807, 2.05) is 11.0 Å². The lowest BCUT2D eigenvalue weighted by molar-refractivity contribution is -0.138. The molecule has 0 N–H and O–H groups in total. The summed E-state index contributed by atoms with van der Waals surface area (Å²) in [6.07, 6.45) is -4.42. The van der Waals surface area contributed by atoms with Gasteiger partial charge in [-0.2, -0.15) is 13.2 Å². The van der Waals surface area contributed by atoms with Crippen LogP contribution in [-0.2, 0) is 24.0 Å². The third-order valence-corrected chi connectivity index (χ3v) is 4.66. The molecule has 3 nitrogen and oxygen atoms in total. The molecule has 2 aromatic carbocycles. The molecule has 0 aromatic heterocycles. The number of hydrogen-bond donors (Lipinski definition) is 0. The molecule has 0 saturated carbocycles. The number of rotatable bonds is 2. The molecule has 2 aromatic rings. The van der Waals surface area contributed by atoms with E-state index >= 15 is 0 Å². The van der Waals surface area contributed by atoms with Gasteiger partial charge in [-0.3, -0.25) is 0 Å². The lowest BCUT2D eigenvalue weighted by atomic mass is 10.1. The van der Waals surface area contributed by atoms with Gasteiger partial charge < -0.3 is 9.64 Å². The Hall–Kier alpha value is -2.02. The van der Waals surface area contributed by atoms with Crippen LogP contribution in [0.2, 0.25) is 0 Å². The first kappa shape index (κ1) is 16.8. The van der Waals surface area contributed by atoms with E-state index < -0.39 is 17.7 Å². The van der Waals surface area contributed by atoms with Crippen LogP contribution in [0.5, 0.6) is 0 Å². The number of carbonyl (C=O) groups excluding carboxylic acids is 1. The third-order valence-electron chi connectivity index (χ3n) is 3.97. The second-order valence-electron chi connectivity index (χ2n) is 5.49. The standard InChI is InChI=1S/C17H13BrF3NO2/c1-24-16(23)10-2-3-11-8-22(9-12(11)6-10)13-4-5-15(18)14(7-13)17(19,20)21/h2-7H,8-9H2,1H3. The third kappa shape index (κ3) is 3.13. The predicted octanol–water partition coefficient (Wildman–Crippen LogP) is 4.77. The summed E-state index contributed by atoms with van der Waals surface area (Å²) in [5, 5.41) is 0. The van der Waals surface area contributed by atoms with Crippen LogP contribution in [0, 0.1) is 0 Å². The van der Waals surface area contributed by atoms with Crippen molar-refractivity contribution in [1.82, 2.24) is 0 Å². The fourth-order valence-corrected chi connectivity index (χ4v) is 3.22. The average Bonchev–Trinajstić information content (AvgIpc) is 2.96. The van der Waals surface area contributed by atoms with E-state index in [9.17, 15) is 18.0 Å². The second kappa shape index (κ2) is 6.12. The first-order valence-corrected chi connectivity index (χ1v) is 7.90. The Morgan fingerprint density at radius 1 is 1.12 bits per heavy atom. The van der Waals surface area contributed by atoms with Crippen LogP contribution in [0.4, 0.5) is 18.9 Å². The summed E-state index contributed by atoms with van der Waals surface area (Å²) in [5.41, 5.74) is 2.12. The van der Waals surface area contributed by atoms with E-state index in [2.05, 4.69) is 15.9 Å². The van der Waals surface area contributed by atoms with Crippen LogP contribution >= 0.6 is 15.9 Å². The molecule has 3 rings (SSSR count). The molecule has 0 bridgehead atoms. The lowest BCUT2D eigenvalue weighted by Crippen LogP contribution is -2.16. The van der Waals surface area contributed by atoms with Gasteiger partial charge in [0.2, 0.25) is 0 Å². The molecule has 0 radical (unpaired) electrons. The van der Waals surface area contributed by atoms with Gasteiger partial charge in [0, 0.05) is 23.2 Å². The first-order chi connectivity index (χ1) is 11.3. The zero-order valence-electron chi connectivity index (χ0n) is 12.7. The number of halogens is 4. The van der Waals surface area contributed by atoms with E-state index in [-0.39, 0.29) is 4.47 Å². The highest BCUT2D eigenvalue weighted by molar-refractivity contribution is 9.10. The summed E-state index contributed by atoms with van der Waals surface area (Å²) >= 11 is 2.95. The Morgan fingerprint density at radius 2 is 1.83 bits per heavy atom. The zero-order chi connectivity index (χ0) is 17.5. The summed E-state index contributed by atoms with van der Waals surface area (Å²) in [7, 11) is 1.31. The van der Waals surface area contributed by atoms with Crippen LogP contribution < -0.4 is 4.90 Å². The minimum atomic E-state index is -4.42. The average molecular weight is 400 g/mol. The Morgan fingerprint density at radius 3 is 2.50 bits per heavy atom. The van der Waals surface area contributed by atoms with Crippen LogP contribution in [0.3, 0.4) is 0 Å². The summed E-state index contributed by atoms with van der Waals surface area (Å²) in [5.74, 6) is -0.431. The van der Waals surface area contributed by atoms with Gasteiger partial charge in [0.15, 0.2) is 0 Å². The minimum absolute atomic E-state index is 0.0171. The summed E-state index contributed by atoms with van der Waals surface area (Å²) in [6, 6.07) is 9.39.